The highest BCUT2D eigenvalue weighted by molar-refractivity contribution is 7.89. The largest absolute Gasteiger partial charge is 0.490 e. The van der Waals surface area contributed by atoms with E-state index in [4.69, 9.17) is 15.2 Å². The number of nitrogens with zero attached hydrogens (tertiary/aromatic N) is 1. The lowest BCUT2D eigenvalue weighted by atomic mass is 10.1. The van der Waals surface area contributed by atoms with Gasteiger partial charge in [0.15, 0.2) is 11.5 Å². The van der Waals surface area contributed by atoms with E-state index in [1.807, 2.05) is 13.8 Å². The molecule has 1 aromatic carbocycles. The zero-order chi connectivity index (χ0) is 16.2. The van der Waals surface area contributed by atoms with Crippen LogP contribution in [0.3, 0.4) is 0 Å². The molecule has 124 valence electrons. The molecule has 0 aliphatic carbocycles. The third kappa shape index (κ3) is 3.53. The van der Waals surface area contributed by atoms with Crippen molar-refractivity contribution >= 4 is 10.0 Å². The first-order valence-electron chi connectivity index (χ1n) is 7.62. The summed E-state index contributed by atoms with van der Waals surface area (Å²) in [5.41, 5.74) is 5.64. The monoisotopic (exact) mass is 328 g/mol. The smallest absolute Gasteiger partial charge is 0.243 e. The molecule has 2 rings (SSSR count). The average Bonchev–Trinajstić information content (AvgIpc) is 2.99. The third-order valence-corrected chi connectivity index (χ3v) is 5.60. The Balaban J connectivity index is 2.29. The van der Waals surface area contributed by atoms with E-state index in [1.54, 1.807) is 18.2 Å². The number of hydrogen-bond donors (Lipinski definition) is 1. The second-order valence-electron chi connectivity index (χ2n) is 5.23. The van der Waals surface area contributed by atoms with Crippen LogP contribution in [0.4, 0.5) is 0 Å². The molecular weight excluding hydrogens is 304 g/mol. The second-order valence-corrected chi connectivity index (χ2v) is 7.17. The van der Waals surface area contributed by atoms with E-state index in [9.17, 15) is 8.42 Å². The Hall–Kier alpha value is -1.31. The highest BCUT2D eigenvalue weighted by Gasteiger charge is 2.32. The summed E-state index contributed by atoms with van der Waals surface area (Å²) in [6, 6.07) is 4.76. The molecule has 6 nitrogen and oxygen atoms in total. The Bertz CT molecular complexity index is 604. The number of nitrogens with two attached hydrogens (primary N) is 1. The Morgan fingerprint density at radius 3 is 2.50 bits per heavy atom. The molecule has 0 saturated carbocycles. The van der Waals surface area contributed by atoms with E-state index in [0.717, 1.165) is 6.42 Å². The highest BCUT2D eigenvalue weighted by Crippen LogP contribution is 2.32. The zero-order valence-corrected chi connectivity index (χ0v) is 13.9. The fourth-order valence-corrected chi connectivity index (χ4v) is 4.10. The Morgan fingerprint density at radius 2 is 1.91 bits per heavy atom. The van der Waals surface area contributed by atoms with E-state index in [0.29, 0.717) is 44.3 Å². The van der Waals surface area contributed by atoms with Gasteiger partial charge in [0, 0.05) is 19.2 Å². The lowest BCUT2D eigenvalue weighted by Crippen LogP contribution is -2.30. The standard InChI is InChI=1S/C15H24N2O4S/c1-3-20-14-6-5-13(9-15(14)21-4-2)22(18,19)17-8-7-12(10-16)11-17/h5-6,9,12H,3-4,7-8,10-11,16H2,1-2H3/t12-/m1/s1. The number of sulfonamides is 1. The summed E-state index contributed by atoms with van der Waals surface area (Å²) >= 11 is 0. The number of rotatable bonds is 7. The summed E-state index contributed by atoms with van der Waals surface area (Å²) in [6.07, 6.45) is 0.811. The predicted octanol–water partition coefficient (Wildman–Crippen LogP) is 1.45. The SMILES string of the molecule is CCOc1ccc(S(=O)(=O)N2CC[C@H](CN)C2)cc1OCC. The molecule has 0 spiro atoms. The van der Waals surface area contributed by atoms with Crippen molar-refractivity contribution in [2.75, 3.05) is 32.8 Å². The highest BCUT2D eigenvalue weighted by atomic mass is 32.2. The van der Waals surface area contributed by atoms with Crippen molar-refractivity contribution in [1.82, 2.24) is 4.31 Å². The van der Waals surface area contributed by atoms with E-state index in [-0.39, 0.29) is 10.8 Å². The lowest BCUT2D eigenvalue weighted by molar-refractivity contribution is 0.287. The summed E-state index contributed by atoms with van der Waals surface area (Å²) < 4.78 is 37.9. The molecule has 1 fully saturated rings. The average molecular weight is 328 g/mol. The van der Waals surface area contributed by atoms with Gasteiger partial charge in [-0.1, -0.05) is 0 Å². The predicted molar refractivity (Wildman–Crippen MR) is 84.7 cm³/mol. The van der Waals surface area contributed by atoms with Crippen molar-refractivity contribution < 1.29 is 17.9 Å². The molecule has 0 amide bonds. The van der Waals surface area contributed by atoms with E-state index < -0.39 is 10.0 Å². The lowest BCUT2D eigenvalue weighted by Gasteiger charge is -2.18. The van der Waals surface area contributed by atoms with Crippen LogP contribution >= 0.6 is 0 Å². The number of hydrogen-bond acceptors (Lipinski definition) is 5. The number of ether oxygens (including phenoxy) is 2. The topological polar surface area (TPSA) is 81.9 Å². The van der Waals surface area contributed by atoms with E-state index >= 15 is 0 Å². The van der Waals surface area contributed by atoms with Gasteiger partial charge in [0.05, 0.1) is 18.1 Å². The van der Waals surface area contributed by atoms with Crippen LogP contribution in [0.25, 0.3) is 0 Å². The minimum Gasteiger partial charge on any atom is -0.490 e. The van der Waals surface area contributed by atoms with Crippen molar-refractivity contribution in [2.45, 2.75) is 25.2 Å². The van der Waals surface area contributed by atoms with Gasteiger partial charge < -0.3 is 15.2 Å². The van der Waals surface area contributed by atoms with Gasteiger partial charge in [-0.25, -0.2) is 8.42 Å². The van der Waals surface area contributed by atoms with Crippen LogP contribution in [0.2, 0.25) is 0 Å². The van der Waals surface area contributed by atoms with Gasteiger partial charge in [0.2, 0.25) is 10.0 Å². The molecule has 1 aliphatic heterocycles. The molecule has 1 aromatic rings. The van der Waals surface area contributed by atoms with Crippen molar-refractivity contribution in [3.05, 3.63) is 18.2 Å². The van der Waals surface area contributed by atoms with Gasteiger partial charge in [0.1, 0.15) is 0 Å². The maximum absolute atomic E-state index is 12.7. The minimum atomic E-state index is -3.51. The number of benzene rings is 1. The van der Waals surface area contributed by atoms with Crippen molar-refractivity contribution in [3.8, 4) is 11.5 Å². The van der Waals surface area contributed by atoms with Gasteiger partial charge in [-0.3, -0.25) is 0 Å². The van der Waals surface area contributed by atoms with Crippen LogP contribution < -0.4 is 15.2 Å². The molecule has 1 heterocycles. The summed E-state index contributed by atoms with van der Waals surface area (Å²) in [5.74, 6) is 1.26. The molecule has 22 heavy (non-hydrogen) atoms. The fraction of sp³-hybridized carbons (Fsp3) is 0.600. The maximum Gasteiger partial charge on any atom is 0.243 e. The van der Waals surface area contributed by atoms with Crippen molar-refractivity contribution in [3.63, 3.8) is 0 Å². The van der Waals surface area contributed by atoms with Crippen LogP contribution in [0.5, 0.6) is 11.5 Å². The van der Waals surface area contributed by atoms with Crippen LogP contribution in [0, 0.1) is 5.92 Å². The van der Waals surface area contributed by atoms with Crippen molar-refractivity contribution in [1.29, 1.82) is 0 Å². The molecule has 0 aromatic heterocycles. The molecule has 2 N–H and O–H groups in total. The second kappa shape index (κ2) is 7.30. The van der Waals surface area contributed by atoms with E-state index in [1.165, 1.54) is 4.31 Å². The van der Waals surface area contributed by atoms with Gasteiger partial charge in [-0.05, 0) is 44.9 Å². The molecule has 1 saturated heterocycles. The van der Waals surface area contributed by atoms with Gasteiger partial charge in [-0.2, -0.15) is 4.31 Å². The van der Waals surface area contributed by atoms with E-state index in [2.05, 4.69) is 0 Å². The first-order valence-corrected chi connectivity index (χ1v) is 9.06. The first-order chi connectivity index (χ1) is 10.5. The summed E-state index contributed by atoms with van der Waals surface area (Å²) in [5, 5.41) is 0. The molecule has 0 unspecified atom stereocenters. The van der Waals surface area contributed by atoms with Gasteiger partial charge >= 0.3 is 0 Å². The van der Waals surface area contributed by atoms with Crippen molar-refractivity contribution in [2.24, 2.45) is 11.7 Å². The first kappa shape index (κ1) is 17.1. The summed E-state index contributed by atoms with van der Waals surface area (Å²) in [4.78, 5) is 0.233. The molecular formula is C15H24N2O4S. The van der Waals surface area contributed by atoms with Crippen LogP contribution in [-0.2, 0) is 10.0 Å². The summed E-state index contributed by atoms with van der Waals surface area (Å²) in [7, 11) is -3.51. The van der Waals surface area contributed by atoms with Crippen LogP contribution in [0.1, 0.15) is 20.3 Å². The summed E-state index contributed by atoms with van der Waals surface area (Å²) in [6.45, 7) is 6.18. The quantitative estimate of drug-likeness (QED) is 0.819. The fourth-order valence-electron chi connectivity index (χ4n) is 2.55. The Labute approximate surface area is 132 Å². The molecule has 7 heteroatoms. The Kier molecular flexibility index (Phi) is 5.66. The molecule has 1 atom stereocenters. The van der Waals surface area contributed by atoms with Gasteiger partial charge in [0.25, 0.3) is 0 Å². The maximum atomic E-state index is 12.7. The minimum absolute atomic E-state index is 0.233. The molecule has 0 radical (unpaired) electrons. The molecule has 1 aliphatic rings. The molecule has 0 bridgehead atoms. The van der Waals surface area contributed by atoms with Gasteiger partial charge in [-0.15, -0.1) is 0 Å². The zero-order valence-electron chi connectivity index (χ0n) is 13.1. The van der Waals surface area contributed by atoms with Crippen LogP contribution in [-0.4, -0.2) is 45.6 Å². The normalized spacial score (nSPS) is 19.3. The Morgan fingerprint density at radius 1 is 1.23 bits per heavy atom. The van der Waals surface area contributed by atoms with Crippen LogP contribution in [0.15, 0.2) is 23.1 Å². The third-order valence-electron chi connectivity index (χ3n) is 3.73.